The summed E-state index contributed by atoms with van der Waals surface area (Å²) in [6.45, 7) is -1.42. The molecule has 1 heterocycles. The van der Waals surface area contributed by atoms with Gasteiger partial charge in [0, 0.05) is 21.7 Å². The van der Waals surface area contributed by atoms with E-state index in [4.69, 9.17) is 32.7 Å². The maximum Gasteiger partial charge on any atom is 0.422 e. The molecule has 4 nitrogen and oxygen atoms in total. The number of hydrogen-bond acceptors (Lipinski definition) is 4. The van der Waals surface area contributed by atoms with Crippen LogP contribution in [0.3, 0.4) is 0 Å². The number of alkyl halides is 3. The third kappa shape index (κ3) is 5.49. The minimum Gasteiger partial charge on any atom is -0.497 e. The Bertz CT molecular complexity index is 1110. The van der Waals surface area contributed by atoms with Crippen LogP contribution >= 0.6 is 23.2 Å². The number of halogens is 5. The molecule has 0 unspecified atom stereocenters. The minimum atomic E-state index is -4.47. The van der Waals surface area contributed by atoms with E-state index in [1.165, 1.54) is 13.2 Å². The van der Waals surface area contributed by atoms with Crippen LogP contribution < -0.4 is 20.1 Å². The van der Waals surface area contributed by atoms with Crippen LogP contribution in [-0.2, 0) is 0 Å². The van der Waals surface area contributed by atoms with Crippen LogP contribution in [-0.4, -0.2) is 19.9 Å². The zero-order valence-corrected chi connectivity index (χ0v) is 18.9. The Morgan fingerprint density at radius 1 is 0.818 bits per heavy atom. The molecule has 172 valence electrons. The molecule has 0 aliphatic carbocycles. The van der Waals surface area contributed by atoms with Crippen LogP contribution in [0.4, 0.5) is 13.2 Å². The van der Waals surface area contributed by atoms with Crippen molar-refractivity contribution in [3.8, 4) is 11.5 Å². The Labute approximate surface area is 198 Å². The van der Waals surface area contributed by atoms with Gasteiger partial charge >= 0.3 is 6.18 Å². The highest BCUT2D eigenvalue weighted by atomic mass is 35.5. The molecule has 9 heteroatoms. The Kier molecular flexibility index (Phi) is 6.63. The average molecular weight is 495 g/mol. The zero-order chi connectivity index (χ0) is 23.6. The molecule has 0 bridgehead atoms. The van der Waals surface area contributed by atoms with Crippen molar-refractivity contribution in [2.75, 3.05) is 13.7 Å². The molecular weight excluding hydrogens is 476 g/mol. The van der Waals surface area contributed by atoms with E-state index < -0.39 is 18.9 Å². The van der Waals surface area contributed by atoms with E-state index in [0.717, 1.165) is 22.5 Å². The first-order valence-electron chi connectivity index (χ1n) is 9.90. The summed E-state index contributed by atoms with van der Waals surface area (Å²) in [4.78, 5) is 0. The van der Waals surface area contributed by atoms with E-state index in [-0.39, 0.29) is 5.75 Å². The maximum absolute atomic E-state index is 12.8. The van der Waals surface area contributed by atoms with Crippen LogP contribution in [0.15, 0.2) is 66.7 Å². The van der Waals surface area contributed by atoms with E-state index in [1.807, 2.05) is 24.3 Å². The smallest absolute Gasteiger partial charge is 0.422 e. The van der Waals surface area contributed by atoms with Crippen LogP contribution in [0.5, 0.6) is 11.5 Å². The molecule has 3 aromatic carbocycles. The van der Waals surface area contributed by atoms with Crippen molar-refractivity contribution in [1.82, 2.24) is 10.6 Å². The van der Waals surface area contributed by atoms with Gasteiger partial charge in [-0.3, -0.25) is 0 Å². The normalized spacial score (nSPS) is 14.1. The highest BCUT2D eigenvalue weighted by molar-refractivity contribution is 6.31. The molecule has 1 aliphatic rings. The van der Waals surface area contributed by atoms with Crippen molar-refractivity contribution in [2.45, 2.75) is 12.3 Å². The third-order valence-corrected chi connectivity index (χ3v) is 5.52. The van der Waals surface area contributed by atoms with Crippen molar-refractivity contribution < 1.29 is 22.6 Å². The number of methoxy groups -OCH3 is 1. The predicted molar refractivity (Wildman–Crippen MR) is 123 cm³/mol. The van der Waals surface area contributed by atoms with Crippen LogP contribution in [0, 0.1) is 0 Å². The SMILES string of the molecule is COc1ccc(C2NC(c3ccc(Cl)cc3)=C(c3ccc(Cl)cc3)N2)c(OCC(F)(F)F)c1. The first-order valence-corrected chi connectivity index (χ1v) is 10.7. The largest absolute Gasteiger partial charge is 0.497 e. The predicted octanol–water partition coefficient (Wildman–Crippen LogP) is 6.66. The molecule has 0 saturated heterocycles. The second-order valence-electron chi connectivity index (χ2n) is 7.29. The highest BCUT2D eigenvalue weighted by Gasteiger charge is 2.31. The van der Waals surface area contributed by atoms with E-state index in [0.29, 0.717) is 21.4 Å². The van der Waals surface area contributed by atoms with Gasteiger partial charge in [0.15, 0.2) is 6.61 Å². The van der Waals surface area contributed by atoms with Gasteiger partial charge in [0.2, 0.25) is 0 Å². The number of ether oxygens (including phenoxy) is 2. The van der Waals surface area contributed by atoms with Gasteiger partial charge in [-0.25, -0.2) is 0 Å². The van der Waals surface area contributed by atoms with Gasteiger partial charge in [-0.15, -0.1) is 0 Å². The van der Waals surface area contributed by atoms with Crippen LogP contribution in [0.2, 0.25) is 10.0 Å². The second-order valence-corrected chi connectivity index (χ2v) is 8.17. The molecule has 0 atom stereocenters. The lowest BCUT2D eigenvalue weighted by Gasteiger charge is -2.20. The molecule has 0 radical (unpaired) electrons. The van der Waals surface area contributed by atoms with Gasteiger partial charge in [-0.1, -0.05) is 47.5 Å². The molecule has 1 aliphatic heterocycles. The maximum atomic E-state index is 12.8. The molecule has 4 rings (SSSR count). The van der Waals surface area contributed by atoms with Gasteiger partial charge < -0.3 is 20.1 Å². The fraction of sp³-hybridized carbons (Fsp3) is 0.167. The molecular formula is C24H19Cl2F3N2O2. The first-order chi connectivity index (χ1) is 15.7. The minimum absolute atomic E-state index is 0.0597. The average Bonchev–Trinajstić information content (AvgIpc) is 3.23. The number of hydrogen-bond donors (Lipinski definition) is 2. The van der Waals surface area contributed by atoms with Gasteiger partial charge in [-0.2, -0.15) is 13.2 Å². The number of nitrogens with one attached hydrogen (secondary N) is 2. The van der Waals surface area contributed by atoms with Gasteiger partial charge in [-0.05, 0) is 47.5 Å². The lowest BCUT2D eigenvalue weighted by atomic mass is 10.1. The van der Waals surface area contributed by atoms with Gasteiger partial charge in [0.05, 0.1) is 18.5 Å². The quantitative estimate of drug-likeness (QED) is 0.402. The summed E-state index contributed by atoms with van der Waals surface area (Å²) in [6.07, 6.45) is -5.03. The summed E-state index contributed by atoms with van der Waals surface area (Å²) in [5, 5.41) is 7.92. The summed E-state index contributed by atoms with van der Waals surface area (Å²) < 4.78 is 48.8. The Hall–Kier alpha value is -3.03. The van der Waals surface area contributed by atoms with Crippen LogP contribution in [0.1, 0.15) is 22.9 Å². The summed E-state index contributed by atoms with van der Waals surface area (Å²) in [7, 11) is 1.44. The van der Waals surface area contributed by atoms with Gasteiger partial charge in [0.25, 0.3) is 0 Å². The molecule has 0 spiro atoms. The third-order valence-electron chi connectivity index (χ3n) is 5.02. The number of benzene rings is 3. The lowest BCUT2D eigenvalue weighted by molar-refractivity contribution is -0.153. The summed E-state index contributed by atoms with van der Waals surface area (Å²) in [6, 6.07) is 19.3. The molecule has 2 N–H and O–H groups in total. The molecule has 0 fully saturated rings. The Balaban J connectivity index is 1.72. The van der Waals surface area contributed by atoms with E-state index in [9.17, 15) is 13.2 Å². The monoisotopic (exact) mass is 494 g/mol. The molecule has 0 aromatic heterocycles. The lowest BCUT2D eigenvalue weighted by Crippen LogP contribution is -2.25. The van der Waals surface area contributed by atoms with Gasteiger partial charge in [0.1, 0.15) is 17.7 Å². The van der Waals surface area contributed by atoms with Crippen molar-refractivity contribution in [1.29, 1.82) is 0 Å². The molecule has 3 aromatic rings. The van der Waals surface area contributed by atoms with E-state index in [2.05, 4.69) is 10.6 Å². The molecule has 33 heavy (non-hydrogen) atoms. The molecule has 0 amide bonds. The second kappa shape index (κ2) is 9.45. The summed E-state index contributed by atoms with van der Waals surface area (Å²) in [5.74, 6) is 0.446. The van der Waals surface area contributed by atoms with Crippen molar-refractivity contribution in [3.63, 3.8) is 0 Å². The first kappa shape index (κ1) is 23.1. The molecule has 0 saturated carbocycles. The zero-order valence-electron chi connectivity index (χ0n) is 17.3. The fourth-order valence-electron chi connectivity index (χ4n) is 3.48. The fourth-order valence-corrected chi connectivity index (χ4v) is 3.73. The topological polar surface area (TPSA) is 42.5 Å². The summed E-state index contributed by atoms with van der Waals surface area (Å²) >= 11 is 12.1. The van der Waals surface area contributed by atoms with Crippen LogP contribution in [0.25, 0.3) is 11.4 Å². The van der Waals surface area contributed by atoms with Crippen molar-refractivity contribution in [2.24, 2.45) is 0 Å². The summed E-state index contributed by atoms with van der Waals surface area (Å²) in [5.41, 5.74) is 3.72. The Morgan fingerprint density at radius 3 is 1.79 bits per heavy atom. The standard InChI is InChI=1S/C24H19Cl2F3N2O2/c1-32-18-10-11-19(20(12-18)33-13-24(27,28)29)23-30-21(14-2-6-16(25)7-3-14)22(31-23)15-4-8-17(26)9-5-15/h2-12,23,30-31H,13H2,1H3. The van der Waals surface area contributed by atoms with Crippen molar-refractivity contribution >= 4 is 34.6 Å². The van der Waals surface area contributed by atoms with E-state index in [1.54, 1.807) is 36.4 Å². The highest BCUT2D eigenvalue weighted by Crippen LogP contribution is 2.37. The number of rotatable bonds is 6. The van der Waals surface area contributed by atoms with E-state index >= 15 is 0 Å². The Morgan fingerprint density at radius 2 is 1.33 bits per heavy atom. The van der Waals surface area contributed by atoms with Crippen molar-refractivity contribution in [3.05, 3.63) is 93.5 Å².